The third-order valence-corrected chi connectivity index (χ3v) is 8.31. The Bertz CT molecular complexity index is 1250. The maximum atomic E-state index is 13.7. The molecule has 4 aliphatic carbocycles. The van der Waals surface area contributed by atoms with Gasteiger partial charge in [-0.2, -0.15) is 0 Å². The van der Waals surface area contributed by atoms with E-state index in [1.165, 1.54) is 4.90 Å². The summed E-state index contributed by atoms with van der Waals surface area (Å²) in [6, 6.07) is 14.9. The van der Waals surface area contributed by atoms with Crippen molar-refractivity contribution in [3.63, 3.8) is 0 Å². The molecule has 1 aliphatic heterocycles. The van der Waals surface area contributed by atoms with Crippen molar-refractivity contribution in [1.82, 2.24) is 4.90 Å². The molecule has 2 saturated carbocycles. The molecule has 1 heterocycles. The average Bonchev–Trinajstić information content (AvgIpc) is 3.67. The number of hydrogen-bond donors (Lipinski definition) is 1. The second-order valence-electron chi connectivity index (χ2n) is 10.9. The van der Waals surface area contributed by atoms with Crippen molar-refractivity contribution in [1.29, 1.82) is 0 Å². The highest BCUT2D eigenvalue weighted by Gasteiger charge is 2.67. The van der Waals surface area contributed by atoms with Crippen molar-refractivity contribution in [3.05, 3.63) is 77.9 Å². The van der Waals surface area contributed by atoms with Gasteiger partial charge in [0.2, 0.25) is 17.7 Å². The highest BCUT2D eigenvalue weighted by Crippen LogP contribution is 2.65. The molecule has 7 rings (SSSR count). The maximum absolute atomic E-state index is 13.7. The van der Waals surface area contributed by atoms with Gasteiger partial charge in [0.05, 0.1) is 23.5 Å². The molecule has 0 aromatic heterocycles. The van der Waals surface area contributed by atoms with E-state index < -0.39 is 17.9 Å². The lowest BCUT2D eigenvalue weighted by Gasteiger charge is -2.37. The summed E-state index contributed by atoms with van der Waals surface area (Å²) < 4.78 is 5.22. The Labute approximate surface area is 215 Å². The maximum Gasteiger partial charge on any atom is 0.338 e. The van der Waals surface area contributed by atoms with Crippen LogP contribution in [0.1, 0.15) is 36.2 Å². The van der Waals surface area contributed by atoms with Crippen LogP contribution in [-0.4, -0.2) is 40.7 Å². The summed E-state index contributed by atoms with van der Waals surface area (Å²) in [5.41, 5.74) is 1.72. The van der Waals surface area contributed by atoms with Gasteiger partial charge in [-0.25, -0.2) is 4.79 Å². The molecule has 2 bridgehead atoms. The van der Waals surface area contributed by atoms with Crippen LogP contribution in [0.3, 0.4) is 0 Å². The Balaban J connectivity index is 1.26. The quantitative estimate of drug-likeness (QED) is 0.356. The molecular weight excluding hydrogens is 468 g/mol. The fourth-order valence-corrected chi connectivity index (χ4v) is 6.62. The number of imide groups is 1. The van der Waals surface area contributed by atoms with Gasteiger partial charge < -0.3 is 10.1 Å². The summed E-state index contributed by atoms with van der Waals surface area (Å²) >= 11 is 0. The zero-order valence-corrected chi connectivity index (χ0v) is 20.9. The Hall–Kier alpha value is -3.74. The number of benzene rings is 2. The number of carbonyl (C=O) groups is 4. The highest BCUT2D eigenvalue weighted by molar-refractivity contribution is 6.10. The molecule has 7 nitrogen and oxygen atoms in total. The minimum absolute atomic E-state index is 0.0972. The van der Waals surface area contributed by atoms with Crippen LogP contribution in [0.25, 0.3) is 0 Å². The number of anilines is 1. The van der Waals surface area contributed by atoms with E-state index in [2.05, 4.69) is 17.5 Å². The lowest BCUT2D eigenvalue weighted by molar-refractivity contribution is -0.146. The SMILES string of the molecule is CC(C)OC(=O)c1ccc(NC(=O)C(Cc2ccccc2)N2C(=O)C3C4C=CC(C5CC45)C3C2=O)cc1. The van der Waals surface area contributed by atoms with Crippen LogP contribution >= 0.6 is 0 Å². The molecule has 3 fully saturated rings. The Morgan fingerprint density at radius 1 is 0.919 bits per heavy atom. The third-order valence-electron chi connectivity index (χ3n) is 8.31. The first kappa shape index (κ1) is 23.6. The monoisotopic (exact) mass is 498 g/mol. The van der Waals surface area contributed by atoms with Crippen molar-refractivity contribution >= 4 is 29.4 Å². The third kappa shape index (κ3) is 4.06. The number of carbonyl (C=O) groups excluding carboxylic acids is 4. The van der Waals surface area contributed by atoms with Crippen molar-refractivity contribution in [2.24, 2.45) is 35.5 Å². The molecule has 7 heteroatoms. The van der Waals surface area contributed by atoms with E-state index in [-0.39, 0.29) is 48.0 Å². The van der Waals surface area contributed by atoms with Gasteiger partial charge in [-0.05, 0) is 73.8 Å². The van der Waals surface area contributed by atoms with Crippen LogP contribution in [0, 0.1) is 35.5 Å². The van der Waals surface area contributed by atoms with Crippen LogP contribution in [-0.2, 0) is 25.5 Å². The summed E-state index contributed by atoms with van der Waals surface area (Å²) in [6.45, 7) is 3.56. The second kappa shape index (κ2) is 8.98. The van der Waals surface area contributed by atoms with Gasteiger partial charge in [-0.1, -0.05) is 42.5 Å². The number of likely N-dealkylation sites (tertiary alicyclic amines) is 1. The Morgan fingerprint density at radius 3 is 2.08 bits per heavy atom. The number of allylic oxidation sites excluding steroid dienone is 2. The molecule has 1 saturated heterocycles. The smallest absolute Gasteiger partial charge is 0.338 e. The van der Waals surface area contributed by atoms with Crippen LogP contribution in [0.15, 0.2) is 66.7 Å². The minimum atomic E-state index is -0.964. The molecule has 3 amide bonds. The van der Waals surface area contributed by atoms with Crippen molar-refractivity contribution in [3.8, 4) is 0 Å². The van der Waals surface area contributed by atoms with Gasteiger partial charge in [-0.15, -0.1) is 0 Å². The van der Waals surface area contributed by atoms with E-state index in [0.29, 0.717) is 23.1 Å². The molecule has 7 atom stereocenters. The molecule has 190 valence electrons. The van der Waals surface area contributed by atoms with E-state index in [1.54, 1.807) is 38.1 Å². The van der Waals surface area contributed by atoms with Crippen molar-refractivity contribution < 1.29 is 23.9 Å². The predicted molar refractivity (Wildman–Crippen MR) is 136 cm³/mol. The highest BCUT2D eigenvalue weighted by atomic mass is 16.5. The number of rotatable bonds is 7. The van der Waals surface area contributed by atoms with Crippen LogP contribution in [0.5, 0.6) is 0 Å². The zero-order chi connectivity index (χ0) is 25.8. The Kier molecular flexibility index (Phi) is 5.74. The molecule has 2 aromatic carbocycles. The molecule has 7 unspecified atom stereocenters. The minimum Gasteiger partial charge on any atom is -0.459 e. The molecule has 0 spiro atoms. The fraction of sp³-hybridized carbons (Fsp3) is 0.400. The Morgan fingerprint density at radius 2 is 1.51 bits per heavy atom. The number of esters is 1. The largest absolute Gasteiger partial charge is 0.459 e. The number of amides is 3. The summed E-state index contributed by atoms with van der Waals surface area (Å²) in [4.78, 5) is 54.5. The van der Waals surface area contributed by atoms with E-state index in [9.17, 15) is 19.2 Å². The van der Waals surface area contributed by atoms with Gasteiger partial charge in [0.25, 0.3) is 0 Å². The molecule has 1 N–H and O–H groups in total. The normalized spacial score (nSPS) is 29.6. The second-order valence-corrected chi connectivity index (χ2v) is 10.9. The number of ether oxygens (including phenoxy) is 1. The van der Waals surface area contributed by atoms with Gasteiger partial charge in [-0.3, -0.25) is 19.3 Å². The first-order valence-electron chi connectivity index (χ1n) is 13.0. The van der Waals surface area contributed by atoms with Gasteiger partial charge in [0, 0.05) is 12.1 Å². The standard InChI is InChI=1S/C30H30N2O5/c1-16(2)37-30(36)18-8-10-19(11-9-18)31-27(33)24(14-17-6-4-3-5-7-17)32-28(34)25-20-12-13-21(23-15-22(20)23)26(25)29(32)35/h3-13,16,20-26H,14-15H2,1-2H3,(H,31,33). The number of hydrogen-bond acceptors (Lipinski definition) is 5. The topological polar surface area (TPSA) is 92.8 Å². The molecule has 2 aromatic rings. The van der Waals surface area contributed by atoms with Gasteiger partial charge in [0.1, 0.15) is 6.04 Å². The van der Waals surface area contributed by atoms with E-state index in [4.69, 9.17) is 4.74 Å². The van der Waals surface area contributed by atoms with Crippen molar-refractivity contribution in [2.75, 3.05) is 5.32 Å². The molecule has 5 aliphatic rings. The van der Waals surface area contributed by atoms with Crippen LogP contribution < -0.4 is 5.32 Å². The lowest BCUT2D eigenvalue weighted by atomic mass is 9.63. The van der Waals surface area contributed by atoms with Crippen LogP contribution in [0.2, 0.25) is 0 Å². The van der Waals surface area contributed by atoms with Gasteiger partial charge >= 0.3 is 5.97 Å². The number of nitrogens with zero attached hydrogens (tertiary/aromatic N) is 1. The number of nitrogens with one attached hydrogen (secondary N) is 1. The summed E-state index contributed by atoms with van der Waals surface area (Å²) in [7, 11) is 0. The first-order valence-corrected chi connectivity index (χ1v) is 13.0. The average molecular weight is 499 g/mol. The summed E-state index contributed by atoms with van der Waals surface area (Å²) in [5, 5.41) is 2.87. The summed E-state index contributed by atoms with van der Waals surface area (Å²) in [5.74, 6) is -0.831. The zero-order valence-electron chi connectivity index (χ0n) is 20.9. The molecular formula is C30H30N2O5. The molecule has 0 radical (unpaired) electrons. The summed E-state index contributed by atoms with van der Waals surface area (Å²) in [6.07, 6.45) is 5.35. The van der Waals surface area contributed by atoms with E-state index in [0.717, 1.165) is 12.0 Å². The molecule has 37 heavy (non-hydrogen) atoms. The predicted octanol–water partition coefficient (Wildman–Crippen LogP) is 3.85. The lowest BCUT2D eigenvalue weighted by Crippen LogP contribution is -2.49. The first-order chi connectivity index (χ1) is 17.8. The van der Waals surface area contributed by atoms with E-state index >= 15 is 0 Å². The fourth-order valence-electron chi connectivity index (χ4n) is 6.62. The van der Waals surface area contributed by atoms with Crippen LogP contribution in [0.4, 0.5) is 5.69 Å². The van der Waals surface area contributed by atoms with E-state index in [1.807, 2.05) is 30.3 Å². The van der Waals surface area contributed by atoms with Gasteiger partial charge in [0.15, 0.2) is 0 Å². The van der Waals surface area contributed by atoms with Crippen molar-refractivity contribution in [2.45, 2.75) is 38.8 Å².